The molecule has 1 unspecified atom stereocenters. The molecule has 0 spiro atoms. The van der Waals surface area contributed by atoms with E-state index in [9.17, 15) is 18.0 Å². The number of carbonyl (C=O) groups is 1. The van der Waals surface area contributed by atoms with Gasteiger partial charge in [0.2, 0.25) is 0 Å². The number of nitrogens with zero attached hydrogens (tertiary/aromatic N) is 1. The van der Waals surface area contributed by atoms with E-state index in [1.54, 1.807) is 0 Å². The molecule has 1 saturated heterocycles. The van der Waals surface area contributed by atoms with Gasteiger partial charge < -0.3 is 10.2 Å². The van der Waals surface area contributed by atoms with Gasteiger partial charge in [-0.15, -0.1) is 0 Å². The fourth-order valence-electron chi connectivity index (χ4n) is 3.18. The Morgan fingerprint density at radius 2 is 1.77 bits per heavy atom. The SMILES string of the molecule is O=C(N1CCC(NC2C[C@H]2c2ccccc2)CC1)C(F)(F)F. The molecule has 1 saturated carbocycles. The first-order valence-corrected chi connectivity index (χ1v) is 7.62. The van der Waals surface area contributed by atoms with Crippen molar-refractivity contribution in [3.05, 3.63) is 35.9 Å². The van der Waals surface area contributed by atoms with Crippen molar-refractivity contribution in [2.24, 2.45) is 0 Å². The summed E-state index contributed by atoms with van der Waals surface area (Å²) in [4.78, 5) is 12.1. The van der Waals surface area contributed by atoms with Gasteiger partial charge in [0.1, 0.15) is 0 Å². The molecule has 3 rings (SSSR count). The van der Waals surface area contributed by atoms with Crippen molar-refractivity contribution in [2.75, 3.05) is 13.1 Å². The summed E-state index contributed by atoms with van der Waals surface area (Å²) in [5.41, 5.74) is 1.31. The number of alkyl halides is 3. The average Bonchev–Trinajstić information content (AvgIpc) is 3.26. The lowest BCUT2D eigenvalue weighted by atomic mass is 10.0. The Balaban J connectivity index is 1.45. The molecule has 0 radical (unpaired) electrons. The number of hydrogen-bond acceptors (Lipinski definition) is 2. The van der Waals surface area contributed by atoms with Crippen LogP contribution in [0.25, 0.3) is 0 Å². The molecule has 120 valence electrons. The Morgan fingerprint density at radius 1 is 1.14 bits per heavy atom. The van der Waals surface area contributed by atoms with Crippen molar-refractivity contribution in [3.8, 4) is 0 Å². The number of carbonyl (C=O) groups excluding carboxylic acids is 1. The summed E-state index contributed by atoms with van der Waals surface area (Å²) in [5.74, 6) is -1.20. The van der Waals surface area contributed by atoms with Crippen LogP contribution in [0.1, 0.15) is 30.7 Å². The molecule has 0 aromatic heterocycles. The van der Waals surface area contributed by atoms with Gasteiger partial charge in [0.15, 0.2) is 0 Å². The molecule has 1 N–H and O–H groups in total. The Labute approximate surface area is 127 Å². The first-order chi connectivity index (χ1) is 10.4. The maximum atomic E-state index is 12.4. The molecule has 2 fully saturated rings. The predicted molar refractivity (Wildman–Crippen MR) is 76.4 cm³/mol. The van der Waals surface area contributed by atoms with Gasteiger partial charge in [-0.25, -0.2) is 0 Å². The third kappa shape index (κ3) is 3.43. The number of benzene rings is 1. The third-order valence-corrected chi connectivity index (χ3v) is 4.49. The van der Waals surface area contributed by atoms with E-state index >= 15 is 0 Å². The van der Waals surface area contributed by atoms with Crippen molar-refractivity contribution in [1.29, 1.82) is 0 Å². The van der Waals surface area contributed by atoms with Crippen LogP contribution in [0.15, 0.2) is 30.3 Å². The Kier molecular flexibility index (Phi) is 4.12. The zero-order valence-corrected chi connectivity index (χ0v) is 12.1. The molecule has 1 aromatic carbocycles. The molecule has 22 heavy (non-hydrogen) atoms. The second-order valence-corrected chi connectivity index (χ2v) is 6.09. The molecule has 1 aliphatic heterocycles. The van der Waals surface area contributed by atoms with Gasteiger partial charge in [-0.05, 0) is 24.8 Å². The van der Waals surface area contributed by atoms with Gasteiger partial charge in [-0.3, -0.25) is 4.79 Å². The minimum Gasteiger partial charge on any atom is -0.335 e. The van der Waals surface area contributed by atoms with Crippen LogP contribution in [0.4, 0.5) is 13.2 Å². The Bertz CT molecular complexity index is 524. The summed E-state index contributed by atoms with van der Waals surface area (Å²) in [7, 11) is 0. The van der Waals surface area contributed by atoms with Crippen LogP contribution in [0.2, 0.25) is 0 Å². The summed E-state index contributed by atoms with van der Waals surface area (Å²) in [6.07, 6.45) is -2.51. The quantitative estimate of drug-likeness (QED) is 0.931. The van der Waals surface area contributed by atoms with Crippen molar-refractivity contribution in [2.45, 2.75) is 43.4 Å². The number of rotatable bonds is 3. The van der Waals surface area contributed by atoms with Gasteiger partial charge in [0.05, 0.1) is 0 Å². The average molecular weight is 312 g/mol. The fourth-order valence-corrected chi connectivity index (χ4v) is 3.18. The molecule has 2 aliphatic rings. The lowest BCUT2D eigenvalue weighted by Crippen LogP contribution is -2.49. The molecular formula is C16H19F3N2O. The number of halogens is 3. The topological polar surface area (TPSA) is 32.3 Å². The largest absolute Gasteiger partial charge is 0.471 e. The van der Waals surface area contributed by atoms with E-state index in [1.807, 2.05) is 18.2 Å². The number of hydrogen-bond donors (Lipinski definition) is 1. The van der Waals surface area contributed by atoms with E-state index in [1.165, 1.54) is 5.56 Å². The van der Waals surface area contributed by atoms with Crippen LogP contribution >= 0.6 is 0 Å². The van der Waals surface area contributed by atoms with Crippen molar-refractivity contribution in [1.82, 2.24) is 10.2 Å². The summed E-state index contributed by atoms with van der Waals surface area (Å²) in [6, 6.07) is 10.9. The summed E-state index contributed by atoms with van der Waals surface area (Å²) in [5, 5.41) is 3.52. The van der Waals surface area contributed by atoms with E-state index in [0.717, 1.165) is 11.3 Å². The highest BCUT2D eigenvalue weighted by molar-refractivity contribution is 5.81. The summed E-state index contributed by atoms with van der Waals surface area (Å²) >= 11 is 0. The first-order valence-electron chi connectivity index (χ1n) is 7.62. The number of amides is 1. The fraction of sp³-hybridized carbons (Fsp3) is 0.562. The lowest BCUT2D eigenvalue weighted by molar-refractivity contribution is -0.186. The van der Waals surface area contributed by atoms with Crippen molar-refractivity contribution >= 4 is 5.91 Å². The Hall–Kier alpha value is -1.56. The van der Waals surface area contributed by atoms with E-state index in [-0.39, 0.29) is 19.1 Å². The van der Waals surface area contributed by atoms with Gasteiger partial charge in [0, 0.05) is 31.1 Å². The standard InChI is InChI=1S/C16H19F3N2O/c17-16(18,19)15(22)21-8-6-12(7-9-21)20-14-10-13(14)11-4-2-1-3-5-11/h1-5,12-14,20H,6-10H2/t13-,14?/m0/s1. The molecule has 1 aromatic rings. The van der Waals surface area contributed by atoms with Crippen LogP contribution in [0.5, 0.6) is 0 Å². The van der Waals surface area contributed by atoms with Gasteiger partial charge in [0.25, 0.3) is 0 Å². The smallest absolute Gasteiger partial charge is 0.335 e. The van der Waals surface area contributed by atoms with E-state index in [0.29, 0.717) is 24.8 Å². The highest BCUT2D eigenvalue weighted by Crippen LogP contribution is 2.41. The lowest BCUT2D eigenvalue weighted by Gasteiger charge is -2.33. The van der Waals surface area contributed by atoms with Crippen LogP contribution in [-0.2, 0) is 4.79 Å². The number of nitrogens with one attached hydrogen (secondary N) is 1. The number of piperidine rings is 1. The zero-order chi connectivity index (χ0) is 15.7. The molecule has 1 heterocycles. The van der Waals surface area contributed by atoms with Gasteiger partial charge in [-0.1, -0.05) is 30.3 Å². The minimum atomic E-state index is -4.75. The van der Waals surface area contributed by atoms with Gasteiger partial charge >= 0.3 is 12.1 Å². The monoisotopic (exact) mass is 312 g/mol. The maximum absolute atomic E-state index is 12.4. The van der Waals surface area contributed by atoms with E-state index in [4.69, 9.17) is 0 Å². The predicted octanol–water partition coefficient (Wildman–Crippen LogP) is 2.69. The van der Waals surface area contributed by atoms with E-state index < -0.39 is 12.1 Å². The zero-order valence-electron chi connectivity index (χ0n) is 12.1. The normalized spacial score (nSPS) is 26.0. The molecule has 1 amide bonds. The van der Waals surface area contributed by atoms with Crippen molar-refractivity contribution in [3.63, 3.8) is 0 Å². The first kappa shape index (κ1) is 15.3. The second kappa shape index (κ2) is 5.91. The summed E-state index contributed by atoms with van der Waals surface area (Å²) < 4.78 is 37.1. The number of likely N-dealkylation sites (tertiary alicyclic amines) is 1. The van der Waals surface area contributed by atoms with Crippen LogP contribution in [-0.4, -0.2) is 42.2 Å². The highest BCUT2D eigenvalue weighted by atomic mass is 19.4. The van der Waals surface area contributed by atoms with Gasteiger partial charge in [-0.2, -0.15) is 13.2 Å². The molecule has 2 atom stereocenters. The Morgan fingerprint density at radius 3 is 2.36 bits per heavy atom. The molecule has 1 aliphatic carbocycles. The molecular weight excluding hydrogens is 293 g/mol. The van der Waals surface area contributed by atoms with Crippen LogP contribution in [0, 0.1) is 0 Å². The molecule has 3 nitrogen and oxygen atoms in total. The molecule has 0 bridgehead atoms. The van der Waals surface area contributed by atoms with Crippen LogP contribution < -0.4 is 5.32 Å². The summed E-state index contributed by atoms with van der Waals surface area (Å²) in [6.45, 7) is 0.359. The van der Waals surface area contributed by atoms with Crippen LogP contribution in [0.3, 0.4) is 0 Å². The van der Waals surface area contributed by atoms with Crippen molar-refractivity contribution < 1.29 is 18.0 Å². The van der Waals surface area contributed by atoms with E-state index in [2.05, 4.69) is 17.4 Å². The maximum Gasteiger partial charge on any atom is 0.471 e. The third-order valence-electron chi connectivity index (χ3n) is 4.49. The second-order valence-electron chi connectivity index (χ2n) is 6.09. The molecule has 6 heteroatoms. The highest BCUT2D eigenvalue weighted by Gasteiger charge is 2.44. The minimum absolute atomic E-state index is 0.179.